The van der Waals surface area contributed by atoms with Gasteiger partial charge in [0.15, 0.2) is 0 Å². The zero-order chi connectivity index (χ0) is 15.5. The van der Waals surface area contributed by atoms with Gasteiger partial charge >= 0.3 is 0 Å². The fourth-order valence-corrected chi connectivity index (χ4v) is 4.70. The Bertz CT molecular complexity index is 655. The minimum Gasteiger partial charge on any atom is -0.338 e. The molecule has 118 valence electrons. The molecule has 2 aromatic rings. The first-order chi connectivity index (χ1) is 10.7. The van der Waals surface area contributed by atoms with Gasteiger partial charge in [-0.1, -0.05) is 11.6 Å². The second kappa shape index (κ2) is 7.08. The van der Waals surface area contributed by atoms with Gasteiger partial charge in [0.05, 0.1) is 21.3 Å². The lowest BCUT2D eigenvalue weighted by molar-refractivity contribution is -0.133. The van der Waals surface area contributed by atoms with Gasteiger partial charge in [-0.3, -0.25) is 4.79 Å². The lowest BCUT2D eigenvalue weighted by Gasteiger charge is -2.35. The maximum Gasteiger partial charge on any atom is 0.228 e. The van der Waals surface area contributed by atoms with Crippen LogP contribution in [0.5, 0.6) is 0 Å². The maximum absolute atomic E-state index is 12.5. The molecule has 7 heteroatoms. The van der Waals surface area contributed by atoms with Gasteiger partial charge in [-0.2, -0.15) is 0 Å². The van der Waals surface area contributed by atoms with E-state index in [1.54, 1.807) is 11.3 Å². The first-order valence-electron chi connectivity index (χ1n) is 7.37. The number of carbonyl (C=O) groups is 1. The Morgan fingerprint density at radius 1 is 1.45 bits per heavy atom. The number of thiazole rings is 1. The maximum atomic E-state index is 12.5. The molecule has 1 atom stereocenters. The number of nitrogens with two attached hydrogens (primary N) is 1. The molecule has 4 nitrogen and oxygen atoms in total. The van der Waals surface area contributed by atoms with Crippen molar-refractivity contribution < 1.29 is 4.79 Å². The van der Waals surface area contributed by atoms with Crippen LogP contribution < -0.4 is 5.73 Å². The molecule has 0 radical (unpaired) electrons. The summed E-state index contributed by atoms with van der Waals surface area (Å²) in [4.78, 5) is 20.1. The molecule has 1 amide bonds. The third kappa shape index (κ3) is 3.51. The molecule has 0 spiro atoms. The molecule has 0 aliphatic carbocycles. The molecule has 1 aliphatic rings. The summed E-state index contributed by atoms with van der Waals surface area (Å²) in [6.07, 6.45) is 3.59. The summed E-state index contributed by atoms with van der Waals surface area (Å²) in [6, 6.07) is 4.02. The Labute approximate surface area is 142 Å². The van der Waals surface area contributed by atoms with Crippen molar-refractivity contribution >= 4 is 40.2 Å². The first kappa shape index (κ1) is 15.9. The van der Waals surface area contributed by atoms with E-state index in [4.69, 9.17) is 17.3 Å². The Hall–Kier alpha value is -0.950. The number of rotatable bonds is 4. The van der Waals surface area contributed by atoms with Crippen LogP contribution in [0, 0.1) is 0 Å². The fraction of sp³-hybridized carbons (Fsp3) is 0.467. The average Bonchev–Trinajstić information content (AvgIpc) is 3.16. The van der Waals surface area contributed by atoms with Gasteiger partial charge in [0, 0.05) is 24.5 Å². The van der Waals surface area contributed by atoms with E-state index in [0.717, 1.165) is 45.7 Å². The van der Waals surface area contributed by atoms with E-state index < -0.39 is 0 Å². The molecule has 3 rings (SSSR count). The highest BCUT2D eigenvalue weighted by atomic mass is 35.5. The summed E-state index contributed by atoms with van der Waals surface area (Å²) in [6.45, 7) is 1.36. The lowest BCUT2D eigenvalue weighted by Crippen LogP contribution is -2.48. The number of piperidine rings is 1. The molecule has 0 aromatic carbocycles. The van der Waals surface area contributed by atoms with E-state index in [0.29, 0.717) is 13.0 Å². The van der Waals surface area contributed by atoms with Crippen LogP contribution in [0.15, 0.2) is 17.5 Å². The second-order valence-electron chi connectivity index (χ2n) is 5.40. The molecule has 2 aromatic heterocycles. The molecular weight excluding hydrogens is 338 g/mol. The van der Waals surface area contributed by atoms with Crippen molar-refractivity contribution in [3.8, 4) is 9.88 Å². The highest BCUT2D eigenvalue weighted by Crippen LogP contribution is 2.33. The summed E-state index contributed by atoms with van der Waals surface area (Å²) in [5, 5.41) is 2.89. The van der Waals surface area contributed by atoms with Gasteiger partial charge in [0.25, 0.3) is 0 Å². The van der Waals surface area contributed by atoms with Crippen LogP contribution in [0.2, 0.25) is 4.34 Å². The van der Waals surface area contributed by atoms with Crippen molar-refractivity contribution in [2.24, 2.45) is 5.73 Å². The number of thiophene rings is 1. The van der Waals surface area contributed by atoms with E-state index in [1.165, 1.54) is 11.3 Å². The van der Waals surface area contributed by atoms with Gasteiger partial charge in [-0.05, 0) is 31.4 Å². The average molecular weight is 356 g/mol. The molecular formula is C15H18ClN3OS2. The topological polar surface area (TPSA) is 59.2 Å². The quantitative estimate of drug-likeness (QED) is 0.914. The van der Waals surface area contributed by atoms with Crippen LogP contribution in [0.3, 0.4) is 0 Å². The Morgan fingerprint density at radius 3 is 3.05 bits per heavy atom. The van der Waals surface area contributed by atoms with Crippen LogP contribution in [0.1, 0.15) is 25.0 Å². The van der Waals surface area contributed by atoms with Crippen LogP contribution in [0.25, 0.3) is 9.88 Å². The zero-order valence-corrected chi connectivity index (χ0v) is 14.5. The fourth-order valence-electron chi connectivity index (χ4n) is 2.76. The van der Waals surface area contributed by atoms with Gasteiger partial charge < -0.3 is 10.6 Å². The predicted octanol–water partition coefficient (Wildman–Crippen LogP) is 3.41. The highest BCUT2D eigenvalue weighted by molar-refractivity contribution is 7.23. The largest absolute Gasteiger partial charge is 0.338 e. The van der Waals surface area contributed by atoms with Crippen molar-refractivity contribution in [2.75, 3.05) is 13.1 Å². The second-order valence-corrected chi connectivity index (χ2v) is 7.97. The minimum atomic E-state index is 0.135. The monoisotopic (exact) mass is 355 g/mol. The number of hydrogen-bond acceptors (Lipinski definition) is 5. The number of likely N-dealkylation sites (tertiary alicyclic amines) is 1. The van der Waals surface area contributed by atoms with E-state index in [2.05, 4.69) is 4.98 Å². The third-order valence-corrected chi connectivity index (χ3v) is 6.18. The van der Waals surface area contributed by atoms with E-state index >= 15 is 0 Å². The molecule has 3 heterocycles. The van der Waals surface area contributed by atoms with Gasteiger partial charge in [0.2, 0.25) is 5.91 Å². The first-order valence-corrected chi connectivity index (χ1v) is 9.44. The number of carbonyl (C=O) groups excluding carboxylic acids is 1. The van der Waals surface area contributed by atoms with E-state index in [9.17, 15) is 4.79 Å². The number of amides is 1. The lowest BCUT2D eigenvalue weighted by atomic mass is 10.0. The van der Waals surface area contributed by atoms with Crippen molar-refractivity contribution in [2.45, 2.75) is 31.7 Å². The predicted molar refractivity (Wildman–Crippen MR) is 92.5 cm³/mol. The van der Waals surface area contributed by atoms with Crippen molar-refractivity contribution in [1.29, 1.82) is 0 Å². The number of halogens is 1. The van der Waals surface area contributed by atoms with Gasteiger partial charge in [0.1, 0.15) is 5.01 Å². The summed E-state index contributed by atoms with van der Waals surface area (Å²) in [7, 11) is 0. The molecule has 22 heavy (non-hydrogen) atoms. The SMILES string of the molecule is NCC1CCCCN1C(=O)Cc1csc(-c2ccc(Cl)s2)n1. The molecule has 1 aliphatic heterocycles. The molecule has 2 N–H and O–H groups in total. The Morgan fingerprint density at radius 2 is 2.32 bits per heavy atom. The molecule has 1 fully saturated rings. The summed E-state index contributed by atoms with van der Waals surface area (Å²) >= 11 is 9.02. The smallest absolute Gasteiger partial charge is 0.228 e. The molecule has 1 unspecified atom stereocenters. The molecule has 0 bridgehead atoms. The number of hydrogen-bond donors (Lipinski definition) is 1. The normalized spacial score (nSPS) is 18.6. The van der Waals surface area contributed by atoms with Crippen LogP contribution in [0.4, 0.5) is 0 Å². The minimum absolute atomic E-state index is 0.135. The zero-order valence-electron chi connectivity index (χ0n) is 12.1. The van der Waals surface area contributed by atoms with Crippen LogP contribution >= 0.6 is 34.3 Å². The number of aromatic nitrogens is 1. The summed E-state index contributed by atoms with van der Waals surface area (Å²) in [5.74, 6) is 0.135. The number of nitrogens with zero attached hydrogens (tertiary/aromatic N) is 2. The molecule has 1 saturated heterocycles. The van der Waals surface area contributed by atoms with Crippen molar-refractivity contribution in [1.82, 2.24) is 9.88 Å². The summed E-state index contributed by atoms with van der Waals surface area (Å²) in [5.41, 5.74) is 6.62. The van der Waals surface area contributed by atoms with Gasteiger partial charge in [-0.25, -0.2) is 4.98 Å². The van der Waals surface area contributed by atoms with Crippen LogP contribution in [-0.2, 0) is 11.2 Å². The Balaban J connectivity index is 1.68. The van der Waals surface area contributed by atoms with E-state index in [-0.39, 0.29) is 11.9 Å². The van der Waals surface area contributed by atoms with Crippen molar-refractivity contribution in [3.05, 3.63) is 27.5 Å². The third-order valence-electron chi connectivity index (χ3n) is 3.89. The van der Waals surface area contributed by atoms with Gasteiger partial charge in [-0.15, -0.1) is 22.7 Å². The Kier molecular flexibility index (Phi) is 5.13. The van der Waals surface area contributed by atoms with Crippen molar-refractivity contribution in [3.63, 3.8) is 0 Å². The van der Waals surface area contributed by atoms with E-state index in [1.807, 2.05) is 22.4 Å². The summed E-state index contributed by atoms with van der Waals surface area (Å²) < 4.78 is 0.752. The molecule has 0 saturated carbocycles. The highest BCUT2D eigenvalue weighted by Gasteiger charge is 2.26. The standard InChI is InChI=1S/C15H18ClN3OS2/c16-13-5-4-12(22-13)15-18-10(9-21-15)7-14(20)19-6-2-1-3-11(19)8-17/h4-5,9,11H,1-3,6-8,17H2. The van der Waals surface area contributed by atoms with Crippen LogP contribution in [-0.4, -0.2) is 34.9 Å².